The van der Waals surface area contributed by atoms with Crippen LogP contribution in [0.15, 0.2) is 46.9 Å². The van der Waals surface area contributed by atoms with Crippen LogP contribution in [-0.2, 0) is 27.3 Å². The Hall–Kier alpha value is -2.18. The molecule has 0 saturated carbocycles. The van der Waals surface area contributed by atoms with Gasteiger partial charge in [0.2, 0.25) is 0 Å². The second-order valence-electron chi connectivity index (χ2n) is 6.57. The lowest BCUT2D eigenvalue weighted by Gasteiger charge is -2.31. The zero-order valence-electron chi connectivity index (χ0n) is 14.8. The number of quaternary nitrogens is 1. The van der Waals surface area contributed by atoms with Crippen molar-refractivity contribution in [3.63, 3.8) is 0 Å². The Morgan fingerprint density at radius 3 is 2.65 bits per heavy atom. The molecule has 0 aliphatic carbocycles. The van der Waals surface area contributed by atoms with Gasteiger partial charge in [0.1, 0.15) is 6.54 Å². The lowest BCUT2D eigenvalue weighted by molar-refractivity contribution is -0.924. The van der Waals surface area contributed by atoms with E-state index in [0.29, 0.717) is 13.0 Å². The molecule has 2 aromatic rings. The van der Waals surface area contributed by atoms with Crippen molar-refractivity contribution in [2.45, 2.75) is 25.9 Å². The smallest absolute Gasteiger partial charge is 0.365 e. The molecule has 2 aromatic carbocycles. The Morgan fingerprint density at radius 1 is 1.23 bits per heavy atom. The molecule has 2 atom stereocenters. The highest BCUT2D eigenvalue weighted by molar-refractivity contribution is 9.10. The molecule has 0 bridgehead atoms. The van der Waals surface area contributed by atoms with Gasteiger partial charge in [-0.05, 0) is 36.2 Å². The van der Waals surface area contributed by atoms with Gasteiger partial charge in [-0.2, -0.15) is 0 Å². The Labute approximate surface area is 161 Å². The molecule has 0 aromatic heterocycles. The van der Waals surface area contributed by atoms with Crippen LogP contribution in [0.1, 0.15) is 16.7 Å². The van der Waals surface area contributed by atoms with Crippen LogP contribution in [0.3, 0.4) is 0 Å². The number of esters is 1. The summed E-state index contributed by atoms with van der Waals surface area (Å²) in [5, 5.41) is 2.95. The van der Waals surface area contributed by atoms with E-state index in [1.165, 1.54) is 12.7 Å². The molecular weight excluding hydrogens is 396 g/mol. The first-order valence-corrected chi connectivity index (χ1v) is 9.32. The highest BCUT2D eigenvalue weighted by Crippen LogP contribution is 2.20. The molecule has 0 spiro atoms. The Morgan fingerprint density at radius 2 is 1.96 bits per heavy atom. The number of carbonyl (C=O) groups excluding carboxylic acids is 2. The summed E-state index contributed by atoms with van der Waals surface area (Å²) in [6, 6.07) is 13.4. The van der Waals surface area contributed by atoms with Crippen molar-refractivity contribution in [3.05, 3.63) is 63.6 Å². The normalized spacial score (nSPS) is 18.7. The summed E-state index contributed by atoms with van der Waals surface area (Å²) in [5.74, 6) is -0.388. The maximum Gasteiger partial charge on any atom is 0.365 e. The van der Waals surface area contributed by atoms with E-state index in [1.54, 1.807) is 0 Å². The lowest BCUT2D eigenvalue weighted by Crippen LogP contribution is -3.17. The summed E-state index contributed by atoms with van der Waals surface area (Å²) in [4.78, 5) is 25.7. The van der Waals surface area contributed by atoms with E-state index < -0.39 is 0 Å². The molecule has 2 N–H and O–H groups in total. The quantitative estimate of drug-likeness (QED) is 0.746. The third-order valence-corrected chi connectivity index (χ3v) is 5.28. The van der Waals surface area contributed by atoms with Crippen molar-refractivity contribution in [1.29, 1.82) is 0 Å². The van der Waals surface area contributed by atoms with Gasteiger partial charge in [-0.3, -0.25) is 4.79 Å². The molecule has 1 amide bonds. The van der Waals surface area contributed by atoms with E-state index in [-0.39, 0.29) is 24.5 Å². The maximum absolute atomic E-state index is 12.6. The Balaban J connectivity index is 1.75. The fourth-order valence-electron chi connectivity index (χ4n) is 3.41. The van der Waals surface area contributed by atoms with Gasteiger partial charge in [-0.25, -0.2) is 4.79 Å². The van der Waals surface area contributed by atoms with Crippen molar-refractivity contribution in [3.8, 4) is 0 Å². The van der Waals surface area contributed by atoms with Crippen LogP contribution in [0, 0.1) is 6.92 Å². The molecule has 5 nitrogen and oxygen atoms in total. The minimum absolute atomic E-state index is 0.112. The summed E-state index contributed by atoms with van der Waals surface area (Å²) in [7, 11) is 1.39. The standard InChI is InChI=1S/C20H21BrN2O3/c1-13-9-16(21)7-8-17(13)22-19(24)12-23-11-15-6-4-3-5-14(15)10-18(23)20(25)26-2/h3-9,18H,10-12H2,1-2H3,(H,22,24)/p+1/t18-/m0/s1. The van der Waals surface area contributed by atoms with Crippen LogP contribution in [0.4, 0.5) is 5.69 Å². The van der Waals surface area contributed by atoms with E-state index in [0.717, 1.165) is 26.2 Å². The molecule has 1 heterocycles. The molecule has 0 radical (unpaired) electrons. The molecule has 1 unspecified atom stereocenters. The number of fused-ring (bicyclic) bond motifs is 1. The van der Waals surface area contributed by atoms with Crippen molar-refractivity contribution in [2.75, 3.05) is 19.0 Å². The van der Waals surface area contributed by atoms with Crippen LogP contribution >= 0.6 is 15.9 Å². The Bertz CT molecular complexity index is 838. The highest BCUT2D eigenvalue weighted by Gasteiger charge is 2.37. The number of carbonyl (C=O) groups is 2. The number of hydrogen-bond donors (Lipinski definition) is 2. The molecular formula is C20H22BrN2O3+. The van der Waals surface area contributed by atoms with Gasteiger partial charge in [0.05, 0.1) is 7.11 Å². The molecule has 6 heteroatoms. The third-order valence-electron chi connectivity index (χ3n) is 4.79. The van der Waals surface area contributed by atoms with Gasteiger partial charge in [0.25, 0.3) is 5.91 Å². The number of methoxy groups -OCH3 is 1. The summed E-state index contributed by atoms with van der Waals surface area (Å²) >= 11 is 3.42. The summed E-state index contributed by atoms with van der Waals surface area (Å²) in [6.07, 6.45) is 0.586. The molecule has 26 heavy (non-hydrogen) atoms. The van der Waals surface area contributed by atoms with Gasteiger partial charge < -0.3 is 15.0 Å². The number of amides is 1. The predicted molar refractivity (Wildman–Crippen MR) is 103 cm³/mol. The van der Waals surface area contributed by atoms with Crippen LogP contribution in [0.25, 0.3) is 0 Å². The average Bonchev–Trinajstić information content (AvgIpc) is 2.63. The minimum atomic E-state index is -0.369. The number of ether oxygens (including phenoxy) is 1. The second-order valence-corrected chi connectivity index (χ2v) is 7.48. The predicted octanol–water partition coefficient (Wildman–Crippen LogP) is 1.88. The molecule has 0 fully saturated rings. The van der Waals surface area contributed by atoms with Gasteiger partial charge in [-0.1, -0.05) is 40.2 Å². The van der Waals surface area contributed by atoms with Crippen molar-refractivity contribution < 1.29 is 19.2 Å². The lowest BCUT2D eigenvalue weighted by atomic mass is 9.94. The zero-order valence-corrected chi connectivity index (χ0v) is 16.4. The number of benzene rings is 2. The van der Waals surface area contributed by atoms with Crippen LogP contribution < -0.4 is 10.2 Å². The number of hydrogen-bond acceptors (Lipinski definition) is 3. The van der Waals surface area contributed by atoms with Crippen molar-refractivity contribution in [1.82, 2.24) is 0 Å². The number of nitrogens with one attached hydrogen (secondary N) is 2. The van der Waals surface area contributed by atoms with Crippen LogP contribution in [0.2, 0.25) is 0 Å². The molecule has 3 rings (SSSR count). The van der Waals surface area contributed by atoms with Crippen molar-refractivity contribution >= 4 is 33.5 Å². The zero-order chi connectivity index (χ0) is 18.7. The monoisotopic (exact) mass is 417 g/mol. The fraction of sp³-hybridized carbons (Fsp3) is 0.300. The van der Waals surface area contributed by atoms with Gasteiger partial charge in [0.15, 0.2) is 12.6 Å². The SMILES string of the molecule is COC(=O)[C@@H]1Cc2ccccc2C[NH+]1CC(=O)Nc1ccc(Br)cc1C. The van der Waals surface area contributed by atoms with E-state index in [2.05, 4.69) is 27.3 Å². The number of rotatable bonds is 4. The topological polar surface area (TPSA) is 59.8 Å². The number of halogens is 1. The van der Waals surface area contributed by atoms with E-state index >= 15 is 0 Å². The molecule has 1 aliphatic heterocycles. The first-order chi connectivity index (χ1) is 12.5. The van der Waals surface area contributed by atoms with Gasteiger partial charge in [0, 0.05) is 22.1 Å². The molecule has 1 aliphatic rings. The first kappa shape index (κ1) is 18.6. The highest BCUT2D eigenvalue weighted by atomic mass is 79.9. The number of anilines is 1. The van der Waals surface area contributed by atoms with E-state index in [4.69, 9.17) is 4.74 Å². The van der Waals surface area contributed by atoms with E-state index in [9.17, 15) is 9.59 Å². The Kier molecular flexibility index (Phi) is 5.74. The van der Waals surface area contributed by atoms with Crippen molar-refractivity contribution in [2.24, 2.45) is 0 Å². The first-order valence-electron chi connectivity index (χ1n) is 8.53. The second kappa shape index (κ2) is 8.01. The summed E-state index contributed by atoms with van der Waals surface area (Å²) in [5.41, 5.74) is 4.09. The van der Waals surface area contributed by atoms with Gasteiger partial charge in [-0.15, -0.1) is 0 Å². The summed E-state index contributed by atoms with van der Waals surface area (Å²) in [6.45, 7) is 2.79. The average molecular weight is 418 g/mol. The van der Waals surface area contributed by atoms with Crippen LogP contribution in [-0.4, -0.2) is 31.6 Å². The minimum Gasteiger partial charge on any atom is -0.465 e. The summed E-state index contributed by atoms with van der Waals surface area (Å²) < 4.78 is 5.94. The largest absolute Gasteiger partial charge is 0.465 e. The van der Waals surface area contributed by atoms with Crippen LogP contribution in [0.5, 0.6) is 0 Å². The van der Waals surface area contributed by atoms with E-state index in [1.807, 2.05) is 43.3 Å². The molecule has 136 valence electrons. The molecule has 0 saturated heterocycles. The third kappa shape index (κ3) is 4.14. The maximum atomic E-state index is 12.6. The fourth-order valence-corrected chi connectivity index (χ4v) is 3.88. The van der Waals surface area contributed by atoms with Gasteiger partial charge >= 0.3 is 5.97 Å². The number of aryl methyl sites for hydroxylation is 1.